The van der Waals surface area contributed by atoms with Gasteiger partial charge in [0.15, 0.2) is 0 Å². The zero-order chi connectivity index (χ0) is 13.1. The third kappa shape index (κ3) is 2.32. The summed E-state index contributed by atoms with van der Waals surface area (Å²) in [7, 11) is 0. The van der Waals surface area contributed by atoms with Crippen molar-refractivity contribution in [3.8, 4) is 11.3 Å². The van der Waals surface area contributed by atoms with Crippen LogP contribution in [0.1, 0.15) is 18.1 Å². The molecule has 0 bridgehead atoms. The maximum Gasteiger partial charge on any atom is 0.132 e. The number of nitrogens with zero attached hydrogens (tertiary/aromatic N) is 2. The van der Waals surface area contributed by atoms with Gasteiger partial charge in [-0.25, -0.2) is 14.4 Å². The lowest BCUT2D eigenvalue weighted by atomic mass is 10.0. The van der Waals surface area contributed by atoms with Crippen LogP contribution in [0.15, 0.2) is 24.5 Å². The minimum absolute atomic E-state index is 0.259. The van der Waals surface area contributed by atoms with E-state index >= 15 is 0 Å². The van der Waals surface area contributed by atoms with E-state index in [1.807, 2.05) is 20.8 Å². The quantitative estimate of drug-likeness (QED) is 0.901. The van der Waals surface area contributed by atoms with Crippen molar-refractivity contribution in [2.24, 2.45) is 0 Å². The lowest BCUT2D eigenvalue weighted by Gasteiger charge is -2.11. The van der Waals surface area contributed by atoms with Crippen molar-refractivity contribution >= 4 is 5.82 Å². The molecule has 94 valence electrons. The van der Waals surface area contributed by atoms with Crippen molar-refractivity contribution in [2.45, 2.75) is 20.8 Å². The maximum absolute atomic E-state index is 13.9. The summed E-state index contributed by atoms with van der Waals surface area (Å²) in [5.74, 6) is 0.494. The lowest BCUT2D eigenvalue weighted by molar-refractivity contribution is 0.630. The molecule has 1 heterocycles. The molecule has 0 unspecified atom stereocenters. The Morgan fingerprint density at radius 3 is 2.72 bits per heavy atom. The first kappa shape index (κ1) is 12.5. The maximum atomic E-state index is 13.9. The van der Waals surface area contributed by atoms with E-state index in [0.717, 1.165) is 23.5 Å². The van der Waals surface area contributed by atoms with E-state index in [1.54, 1.807) is 12.1 Å². The van der Waals surface area contributed by atoms with Crippen LogP contribution in [0.25, 0.3) is 11.3 Å². The van der Waals surface area contributed by atoms with Gasteiger partial charge in [-0.3, -0.25) is 0 Å². The van der Waals surface area contributed by atoms with E-state index in [-0.39, 0.29) is 5.82 Å². The Bertz CT molecular complexity index is 567. The average Bonchev–Trinajstić information content (AvgIpc) is 2.35. The van der Waals surface area contributed by atoms with Crippen molar-refractivity contribution in [1.82, 2.24) is 9.97 Å². The first-order chi connectivity index (χ1) is 8.63. The molecule has 0 fully saturated rings. The summed E-state index contributed by atoms with van der Waals surface area (Å²) in [4.78, 5) is 8.36. The lowest BCUT2D eigenvalue weighted by Crippen LogP contribution is -2.04. The van der Waals surface area contributed by atoms with E-state index in [1.165, 1.54) is 12.4 Å². The molecular formula is C14H16FN3. The molecule has 2 rings (SSSR count). The molecule has 4 heteroatoms. The van der Waals surface area contributed by atoms with Crippen molar-refractivity contribution in [2.75, 3.05) is 11.9 Å². The minimum atomic E-state index is -0.259. The number of nitrogens with one attached hydrogen (secondary N) is 1. The highest BCUT2D eigenvalue weighted by atomic mass is 19.1. The van der Waals surface area contributed by atoms with Gasteiger partial charge in [-0.1, -0.05) is 11.6 Å². The second kappa shape index (κ2) is 5.12. The van der Waals surface area contributed by atoms with E-state index in [4.69, 9.17) is 0 Å². The number of aromatic nitrogens is 2. The molecule has 2 aromatic rings. The van der Waals surface area contributed by atoms with Gasteiger partial charge in [-0.05, 0) is 32.9 Å². The molecular weight excluding hydrogens is 229 g/mol. The van der Waals surface area contributed by atoms with Crippen LogP contribution in [-0.4, -0.2) is 16.5 Å². The number of hydrogen-bond donors (Lipinski definition) is 1. The van der Waals surface area contributed by atoms with E-state index in [2.05, 4.69) is 15.3 Å². The summed E-state index contributed by atoms with van der Waals surface area (Å²) in [5, 5.41) is 3.15. The van der Waals surface area contributed by atoms with Crippen LogP contribution in [0.3, 0.4) is 0 Å². The zero-order valence-corrected chi connectivity index (χ0v) is 10.8. The summed E-state index contributed by atoms with van der Waals surface area (Å²) >= 11 is 0. The number of anilines is 1. The summed E-state index contributed by atoms with van der Waals surface area (Å²) in [6.45, 7) is 6.60. The fraction of sp³-hybridized carbons (Fsp3) is 0.286. The van der Waals surface area contributed by atoms with Crippen LogP contribution in [-0.2, 0) is 0 Å². The van der Waals surface area contributed by atoms with Crippen LogP contribution in [0.2, 0.25) is 0 Å². The number of aryl methyl sites for hydroxylation is 1. The van der Waals surface area contributed by atoms with Gasteiger partial charge >= 0.3 is 0 Å². The smallest absolute Gasteiger partial charge is 0.132 e. The molecule has 1 aromatic heterocycles. The molecule has 0 amide bonds. The Hall–Kier alpha value is -1.97. The summed E-state index contributed by atoms with van der Waals surface area (Å²) in [5.41, 5.74) is 3.04. The van der Waals surface area contributed by atoms with Crippen LogP contribution < -0.4 is 5.32 Å². The predicted molar refractivity (Wildman–Crippen MR) is 71.1 cm³/mol. The van der Waals surface area contributed by atoms with Gasteiger partial charge in [0.05, 0.1) is 5.69 Å². The highest BCUT2D eigenvalue weighted by Crippen LogP contribution is 2.27. The third-order valence-corrected chi connectivity index (χ3v) is 2.81. The van der Waals surface area contributed by atoms with E-state index in [9.17, 15) is 4.39 Å². The molecule has 0 atom stereocenters. The van der Waals surface area contributed by atoms with Gasteiger partial charge in [-0.2, -0.15) is 0 Å². The van der Waals surface area contributed by atoms with Crippen LogP contribution >= 0.6 is 0 Å². The Balaban J connectivity index is 2.57. The second-order valence-electron chi connectivity index (χ2n) is 4.21. The number of halogens is 1. The topological polar surface area (TPSA) is 37.8 Å². The first-order valence-corrected chi connectivity index (χ1v) is 5.95. The van der Waals surface area contributed by atoms with Gasteiger partial charge < -0.3 is 5.32 Å². The Labute approximate surface area is 106 Å². The van der Waals surface area contributed by atoms with Gasteiger partial charge in [0.25, 0.3) is 0 Å². The summed E-state index contributed by atoms with van der Waals surface area (Å²) in [6.07, 6.45) is 1.46. The van der Waals surface area contributed by atoms with Crippen molar-refractivity contribution in [3.05, 3.63) is 41.5 Å². The fourth-order valence-corrected chi connectivity index (χ4v) is 1.89. The van der Waals surface area contributed by atoms with E-state index < -0.39 is 0 Å². The number of hydrogen-bond acceptors (Lipinski definition) is 3. The van der Waals surface area contributed by atoms with Gasteiger partial charge in [-0.15, -0.1) is 0 Å². The van der Waals surface area contributed by atoms with Gasteiger partial charge in [0, 0.05) is 17.7 Å². The molecule has 0 aliphatic rings. The molecule has 0 radical (unpaired) electrons. The zero-order valence-electron chi connectivity index (χ0n) is 10.8. The molecule has 0 saturated heterocycles. The molecule has 0 aliphatic carbocycles. The monoisotopic (exact) mass is 245 g/mol. The Kier molecular flexibility index (Phi) is 3.55. The van der Waals surface area contributed by atoms with Crippen molar-refractivity contribution in [1.29, 1.82) is 0 Å². The molecule has 0 saturated carbocycles. The number of rotatable bonds is 3. The highest BCUT2D eigenvalue weighted by molar-refractivity contribution is 5.68. The van der Waals surface area contributed by atoms with E-state index in [0.29, 0.717) is 11.3 Å². The molecule has 1 N–H and O–H groups in total. The SMILES string of the molecule is CCNc1ncnc(-c2cc(C)ccc2F)c1C. The Morgan fingerprint density at radius 2 is 2.00 bits per heavy atom. The molecule has 18 heavy (non-hydrogen) atoms. The van der Waals surface area contributed by atoms with Crippen LogP contribution in [0.4, 0.5) is 10.2 Å². The number of benzene rings is 1. The van der Waals surface area contributed by atoms with Crippen molar-refractivity contribution in [3.63, 3.8) is 0 Å². The molecule has 1 aromatic carbocycles. The average molecular weight is 245 g/mol. The third-order valence-electron chi connectivity index (χ3n) is 2.81. The van der Waals surface area contributed by atoms with Crippen LogP contribution in [0, 0.1) is 19.7 Å². The largest absolute Gasteiger partial charge is 0.370 e. The minimum Gasteiger partial charge on any atom is -0.370 e. The van der Waals surface area contributed by atoms with Crippen molar-refractivity contribution < 1.29 is 4.39 Å². The molecule has 3 nitrogen and oxygen atoms in total. The normalized spacial score (nSPS) is 10.4. The summed E-state index contributed by atoms with van der Waals surface area (Å²) in [6, 6.07) is 5.03. The Morgan fingerprint density at radius 1 is 1.22 bits per heavy atom. The highest BCUT2D eigenvalue weighted by Gasteiger charge is 2.12. The molecule has 0 spiro atoms. The first-order valence-electron chi connectivity index (χ1n) is 5.95. The van der Waals surface area contributed by atoms with Gasteiger partial charge in [0.1, 0.15) is 18.0 Å². The van der Waals surface area contributed by atoms with Gasteiger partial charge in [0.2, 0.25) is 0 Å². The second-order valence-corrected chi connectivity index (χ2v) is 4.21. The molecule has 0 aliphatic heterocycles. The fourth-order valence-electron chi connectivity index (χ4n) is 1.89. The standard InChI is InChI=1S/C14H16FN3/c1-4-16-14-10(3)13(17-8-18-14)11-7-9(2)5-6-12(11)15/h5-8H,4H2,1-3H3,(H,16,17,18). The summed E-state index contributed by atoms with van der Waals surface area (Å²) < 4.78 is 13.9. The van der Waals surface area contributed by atoms with Crippen LogP contribution in [0.5, 0.6) is 0 Å². The predicted octanol–water partition coefficient (Wildman–Crippen LogP) is 3.33.